The molecule has 0 aliphatic heterocycles. The molecule has 0 aliphatic rings. The van der Waals surface area contributed by atoms with Gasteiger partial charge in [0, 0.05) is 17.6 Å². The van der Waals surface area contributed by atoms with Gasteiger partial charge in [-0.1, -0.05) is 0 Å². The molecule has 2 aromatic rings. The number of nitrogens with zero attached hydrogens (tertiary/aromatic N) is 2. The fourth-order valence-electron chi connectivity index (χ4n) is 1.55. The minimum atomic E-state index is -0.835. The Balaban J connectivity index is 2.44. The Morgan fingerprint density at radius 1 is 1.50 bits per heavy atom. The predicted molar refractivity (Wildman–Crippen MR) is 63.7 cm³/mol. The number of hydrogen-bond acceptors (Lipinski definition) is 2. The summed E-state index contributed by atoms with van der Waals surface area (Å²) in [4.78, 5) is 0. The number of benzene rings is 1. The Morgan fingerprint density at radius 2 is 2.19 bits per heavy atom. The van der Waals surface area contributed by atoms with E-state index in [1.165, 1.54) is 6.07 Å². The lowest BCUT2D eigenvalue weighted by Crippen LogP contribution is -2.26. The van der Waals surface area contributed by atoms with Crippen LogP contribution < -0.4 is 0 Å². The van der Waals surface area contributed by atoms with Crippen LogP contribution in [0.5, 0.6) is 0 Å². The fraction of sp³-hybridized carbons (Fsp3) is 0.364. The molecular formula is C11H12BrFN2O. The van der Waals surface area contributed by atoms with Gasteiger partial charge >= 0.3 is 0 Å². The second-order valence-corrected chi connectivity index (χ2v) is 5.32. The van der Waals surface area contributed by atoms with Gasteiger partial charge in [-0.3, -0.25) is 4.68 Å². The first-order chi connectivity index (χ1) is 7.35. The Labute approximate surface area is 101 Å². The SMILES string of the molecule is CC(C)(O)Cn1cc2cc(Br)c(F)cc2n1. The summed E-state index contributed by atoms with van der Waals surface area (Å²) in [6, 6.07) is 3.05. The third-order valence-corrected chi connectivity index (χ3v) is 2.75. The van der Waals surface area contributed by atoms with Crippen molar-refractivity contribution < 1.29 is 9.50 Å². The molecule has 1 aromatic carbocycles. The highest BCUT2D eigenvalue weighted by Crippen LogP contribution is 2.22. The number of fused-ring (bicyclic) bond motifs is 1. The lowest BCUT2D eigenvalue weighted by molar-refractivity contribution is 0.0580. The maximum absolute atomic E-state index is 13.3. The Bertz CT molecular complexity index is 491. The quantitative estimate of drug-likeness (QED) is 0.922. The molecule has 5 heteroatoms. The van der Waals surface area contributed by atoms with E-state index in [-0.39, 0.29) is 5.82 Å². The third-order valence-electron chi connectivity index (χ3n) is 2.14. The zero-order chi connectivity index (χ0) is 11.9. The maximum Gasteiger partial charge on any atom is 0.139 e. The standard InChI is InChI=1S/C11H12BrFN2O/c1-11(2,16)6-15-5-7-3-8(12)9(13)4-10(7)14-15/h3-5,16H,6H2,1-2H3. The van der Waals surface area contributed by atoms with Crippen LogP contribution in [-0.2, 0) is 6.54 Å². The summed E-state index contributed by atoms with van der Waals surface area (Å²) < 4.78 is 15.3. The van der Waals surface area contributed by atoms with Crippen LogP contribution >= 0.6 is 15.9 Å². The Hall–Kier alpha value is -0.940. The summed E-state index contributed by atoms with van der Waals surface area (Å²) in [5, 5.41) is 14.7. The minimum absolute atomic E-state index is 0.332. The van der Waals surface area contributed by atoms with Crippen molar-refractivity contribution in [1.29, 1.82) is 0 Å². The van der Waals surface area contributed by atoms with Gasteiger partial charge in [0.15, 0.2) is 0 Å². The van der Waals surface area contributed by atoms with E-state index < -0.39 is 5.60 Å². The second-order valence-electron chi connectivity index (χ2n) is 4.46. The van der Waals surface area contributed by atoms with Crippen LogP contribution in [0.4, 0.5) is 4.39 Å². The molecule has 0 radical (unpaired) electrons. The molecule has 0 unspecified atom stereocenters. The first-order valence-corrected chi connectivity index (χ1v) is 5.69. The van der Waals surface area contributed by atoms with Gasteiger partial charge in [-0.25, -0.2) is 4.39 Å². The lowest BCUT2D eigenvalue weighted by Gasteiger charge is -2.16. The van der Waals surface area contributed by atoms with Crippen LogP contribution in [0.15, 0.2) is 22.8 Å². The molecule has 86 valence electrons. The van der Waals surface area contributed by atoms with Gasteiger partial charge in [-0.2, -0.15) is 5.10 Å². The van der Waals surface area contributed by atoms with Crippen molar-refractivity contribution in [1.82, 2.24) is 9.78 Å². The first kappa shape index (κ1) is 11.5. The number of hydrogen-bond donors (Lipinski definition) is 1. The molecule has 0 fully saturated rings. The monoisotopic (exact) mass is 286 g/mol. The summed E-state index contributed by atoms with van der Waals surface area (Å²) in [6.45, 7) is 3.78. The van der Waals surface area contributed by atoms with E-state index in [1.54, 1.807) is 30.8 Å². The van der Waals surface area contributed by atoms with Crippen LogP contribution in [0.25, 0.3) is 10.9 Å². The van der Waals surface area contributed by atoms with Crippen LogP contribution in [-0.4, -0.2) is 20.5 Å². The van der Waals surface area contributed by atoms with E-state index in [0.717, 1.165) is 5.39 Å². The van der Waals surface area contributed by atoms with Gasteiger partial charge in [0.2, 0.25) is 0 Å². The summed E-state index contributed by atoms with van der Waals surface area (Å²) in [6.07, 6.45) is 1.79. The third kappa shape index (κ3) is 2.41. The molecule has 1 N–H and O–H groups in total. The molecule has 0 amide bonds. The zero-order valence-corrected chi connectivity index (χ0v) is 10.6. The van der Waals surface area contributed by atoms with Crippen molar-refractivity contribution in [2.24, 2.45) is 0 Å². The molecule has 1 heterocycles. The van der Waals surface area contributed by atoms with Crippen molar-refractivity contribution in [3.8, 4) is 0 Å². The molecule has 0 aliphatic carbocycles. The molecule has 3 nitrogen and oxygen atoms in total. The largest absolute Gasteiger partial charge is 0.389 e. The van der Waals surface area contributed by atoms with E-state index in [1.807, 2.05) is 0 Å². The molecule has 0 bridgehead atoms. The van der Waals surface area contributed by atoms with E-state index in [9.17, 15) is 9.50 Å². The summed E-state index contributed by atoms with van der Waals surface area (Å²) in [7, 11) is 0. The molecule has 2 rings (SSSR count). The van der Waals surface area contributed by atoms with E-state index in [4.69, 9.17) is 0 Å². The van der Waals surface area contributed by atoms with Gasteiger partial charge < -0.3 is 5.11 Å². The Kier molecular flexibility index (Phi) is 2.75. The summed E-state index contributed by atoms with van der Waals surface area (Å²) in [5.74, 6) is -0.332. The molecule has 1 aromatic heterocycles. The van der Waals surface area contributed by atoms with Crippen molar-refractivity contribution >= 4 is 26.8 Å². The summed E-state index contributed by atoms with van der Waals surface area (Å²) >= 11 is 3.13. The average Bonchev–Trinajstić information content (AvgIpc) is 2.44. The highest BCUT2D eigenvalue weighted by molar-refractivity contribution is 9.10. The molecule has 0 atom stereocenters. The van der Waals surface area contributed by atoms with Gasteiger partial charge in [0.05, 0.1) is 22.1 Å². The number of aromatic nitrogens is 2. The van der Waals surface area contributed by atoms with Gasteiger partial charge in [-0.05, 0) is 35.8 Å². The van der Waals surface area contributed by atoms with Crippen LogP contribution in [0.2, 0.25) is 0 Å². The maximum atomic E-state index is 13.3. The van der Waals surface area contributed by atoms with Gasteiger partial charge in [-0.15, -0.1) is 0 Å². The number of rotatable bonds is 2. The lowest BCUT2D eigenvalue weighted by atomic mass is 10.1. The first-order valence-electron chi connectivity index (χ1n) is 4.90. The smallest absolute Gasteiger partial charge is 0.139 e. The summed E-state index contributed by atoms with van der Waals surface area (Å²) in [5.41, 5.74) is -0.248. The van der Waals surface area contributed by atoms with Crippen LogP contribution in [0, 0.1) is 5.82 Å². The van der Waals surface area contributed by atoms with Gasteiger partial charge in [0.25, 0.3) is 0 Å². The van der Waals surface area contributed by atoms with Crippen molar-refractivity contribution in [2.75, 3.05) is 0 Å². The fourth-order valence-corrected chi connectivity index (χ4v) is 1.91. The van der Waals surface area contributed by atoms with Crippen molar-refractivity contribution in [2.45, 2.75) is 26.0 Å². The number of aliphatic hydroxyl groups is 1. The number of halogens is 2. The molecular weight excluding hydrogens is 275 g/mol. The molecule has 0 saturated heterocycles. The normalized spacial score (nSPS) is 12.3. The molecule has 0 saturated carbocycles. The minimum Gasteiger partial charge on any atom is -0.389 e. The molecule has 16 heavy (non-hydrogen) atoms. The van der Waals surface area contributed by atoms with E-state index in [2.05, 4.69) is 21.0 Å². The average molecular weight is 287 g/mol. The Morgan fingerprint density at radius 3 is 2.81 bits per heavy atom. The van der Waals surface area contributed by atoms with Crippen LogP contribution in [0.1, 0.15) is 13.8 Å². The van der Waals surface area contributed by atoms with Gasteiger partial charge in [0.1, 0.15) is 5.82 Å². The second kappa shape index (κ2) is 3.82. The van der Waals surface area contributed by atoms with E-state index >= 15 is 0 Å². The van der Waals surface area contributed by atoms with Crippen molar-refractivity contribution in [3.05, 3.63) is 28.6 Å². The molecule has 0 spiro atoms. The topological polar surface area (TPSA) is 38.0 Å². The van der Waals surface area contributed by atoms with E-state index in [0.29, 0.717) is 16.5 Å². The highest BCUT2D eigenvalue weighted by Gasteiger charge is 2.15. The zero-order valence-electron chi connectivity index (χ0n) is 9.04. The van der Waals surface area contributed by atoms with Crippen LogP contribution in [0.3, 0.4) is 0 Å². The van der Waals surface area contributed by atoms with Crippen molar-refractivity contribution in [3.63, 3.8) is 0 Å². The predicted octanol–water partition coefficient (Wildman–Crippen LogP) is 2.71. The highest BCUT2D eigenvalue weighted by atomic mass is 79.9.